The molecule has 2 heterocycles. The first-order valence-electron chi connectivity index (χ1n) is 7.20. The van der Waals surface area contributed by atoms with Gasteiger partial charge in [-0.2, -0.15) is 5.26 Å². The molecule has 0 aliphatic carbocycles. The van der Waals surface area contributed by atoms with Gasteiger partial charge >= 0.3 is 0 Å². The second-order valence-corrected chi connectivity index (χ2v) is 5.42. The Balaban J connectivity index is 1.95. The maximum absolute atomic E-state index is 9.62. The Bertz CT molecular complexity index is 585. The highest BCUT2D eigenvalue weighted by Crippen LogP contribution is 2.22. The van der Waals surface area contributed by atoms with E-state index in [1.54, 1.807) is 0 Å². The maximum Gasteiger partial charge on any atom is 0.202 e. The number of H-pyrrole nitrogens is 1. The van der Waals surface area contributed by atoms with Gasteiger partial charge in [-0.15, -0.1) is 0 Å². The molecule has 0 saturated carbocycles. The van der Waals surface area contributed by atoms with E-state index in [0.29, 0.717) is 0 Å². The molecule has 1 saturated heterocycles. The maximum atomic E-state index is 9.62. The van der Waals surface area contributed by atoms with Crippen molar-refractivity contribution in [2.45, 2.75) is 31.7 Å². The van der Waals surface area contributed by atoms with Crippen molar-refractivity contribution in [3.8, 4) is 6.07 Å². The van der Waals surface area contributed by atoms with Gasteiger partial charge in [0.05, 0.1) is 13.1 Å². The lowest BCUT2D eigenvalue weighted by Gasteiger charge is -2.22. The number of rotatable bonds is 2. The van der Waals surface area contributed by atoms with Gasteiger partial charge in [-0.25, -0.2) is 0 Å². The molecule has 0 amide bonds. The Morgan fingerprint density at radius 3 is 2.58 bits per heavy atom. The number of likely N-dealkylation sites (tertiary alicyclic amines) is 1. The number of para-hydroxylation sites is 1. The lowest BCUT2D eigenvalue weighted by Crippen LogP contribution is -3.12. The van der Waals surface area contributed by atoms with Crippen LogP contribution in [0.5, 0.6) is 0 Å². The molecule has 3 heteroatoms. The standard InChI is InChI=1S/C16H19N3/c17-11-16(19-9-5-1-2-6-10-19)14-12-18-15-8-4-3-7-13(14)15/h3-4,7-8,12,16,18H,1-2,5-6,9-10H2/p+1/t16-/m0/s1. The van der Waals surface area contributed by atoms with Gasteiger partial charge in [0.25, 0.3) is 0 Å². The SMILES string of the molecule is N#C[C@@H](c1c[nH]c2ccccc12)[NH+]1CCCCCC1. The molecule has 2 aromatic rings. The molecule has 1 fully saturated rings. The molecule has 1 aromatic carbocycles. The number of benzene rings is 1. The Labute approximate surface area is 113 Å². The number of nitrogens with zero attached hydrogens (tertiary/aromatic N) is 1. The second kappa shape index (κ2) is 5.46. The lowest BCUT2D eigenvalue weighted by atomic mass is 10.1. The van der Waals surface area contributed by atoms with Gasteiger partial charge in [0.1, 0.15) is 6.07 Å². The number of hydrogen-bond acceptors (Lipinski definition) is 1. The number of aromatic amines is 1. The molecule has 1 aliphatic rings. The number of quaternary nitrogens is 1. The molecule has 0 bridgehead atoms. The first-order chi connectivity index (χ1) is 9.40. The van der Waals surface area contributed by atoms with E-state index >= 15 is 0 Å². The summed E-state index contributed by atoms with van der Waals surface area (Å²) in [6.07, 6.45) is 7.15. The second-order valence-electron chi connectivity index (χ2n) is 5.42. The molecule has 0 spiro atoms. The van der Waals surface area contributed by atoms with Gasteiger partial charge in [0.15, 0.2) is 0 Å². The van der Waals surface area contributed by atoms with Crippen molar-refractivity contribution < 1.29 is 4.90 Å². The van der Waals surface area contributed by atoms with Crippen LogP contribution < -0.4 is 4.90 Å². The quantitative estimate of drug-likeness (QED) is 0.847. The molecule has 1 aromatic heterocycles. The minimum Gasteiger partial charge on any atom is -0.361 e. The summed E-state index contributed by atoms with van der Waals surface area (Å²) >= 11 is 0. The van der Waals surface area contributed by atoms with Crippen molar-refractivity contribution >= 4 is 10.9 Å². The monoisotopic (exact) mass is 254 g/mol. The van der Waals surface area contributed by atoms with Gasteiger partial charge in [-0.05, 0) is 31.7 Å². The van der Waals surface area contributed by atoms with Crippen LogP contribution in [0.3, 0.4) is 0 Å². The molecule has 1 aliphatic heterocycles. The topological polar surface area (TPSA) is 44.0 Å². The molecule has 98 valence electrons. The Kier molecular flexibility index (Phi) is 3.52. The molecular weight excluding hydrogens is 234 g/mol. The number of fused-ring (bicyclic) bond motifs is 1. The lowest BCUT2D eigenvalue weighted by molar-refractivity contribution is -0.922. The summed E-state index contributed by atoms with van der Waals surface area (Å²) in [6.45, 7) is 2.25. The zero-order valence-electron chi connectivity index (χ0n) is 11.2. The summed E-state index contributed by atoms with van der Waals surface area (Å²) in [4.78, 5) is 4.73. The van der Waals surface area contributed by atoms with Crippen LogP contribution in [-0.4, -0.2) is 18.1 Å². The summed E-state index contributed by atoms with van der Waals surface area (Å²) in [7, 11) is 0. The molecular formula is C16H20N3+. The minimum atomic E-state index is -0.0331. The predicted molar refractivity (Wildman–Crippen MR) is 75.8 cm³/mol. The third-order valence-electron chi connectivity index (χ3n) is 4.22. The molecule has 1 atom stereocenters. The fourth-order valence-electron chi connectivity index (χ4n) is 3.18. The molecule has 0 unspecified atom stereocenters. The van der Waals surface area contributed by atoms with Crippen LogP contribution in [0.4, 0.5) is 0 Å². The molecule has 0 radical (unpaired) electrons. The van der Waals surface area contributed by atoms with Gasteiger partial charge < -0.3 is 9.88 Å². The zero-order valence-corrected chi connectivity index (χ0v) is 11.2. The van der Waals surface area contributed by atoms with Crippen LogP contribution in [-0.2, 0) is 0 Å². The highest BCUT2D eigenvalue weighted by molar-refractivity contribution is 5.83. The number of nitriles is 1. The first-order valence-corrected chi connectivity index (χ1v) is 7.20. The highest BCUT2D eigenvalue weighted by Gasteiger charge is 2.26. The van der Waals surface area contributed by atoms with Crippen LogP contribution in [0.1, 0.15) is 37.3 Å². The average molecular weight is 254 g/mol. The first kappa shape index (κ1) is 12.3. The van der Waals surface area contributed by atoms with Gasteiger partial charge in [0.2, 0.25) is 6.04 Å². The minimum absolute atomic E-state index is 0.0331. The largest absolute Gasteiger partial charge is 0.361 e. The predicted octanol–water partition coefficient (Wildman–Crippen LogP) is 2.19. The van der Waals surface area contributed by atoms with E-state index in [-0.39, 0.29) is 6.04 Å². The van der Waals surface area contributed by atoms with E-state index in [4.69, 9.17) is 0 Å². The van der Waals surface area contributed by atoms with Gasteiger partial charge in [-0.1, -0.05) is 18.2 Å². The smallest absolute Gasteiger partial charge is 0.202 e. The third-order valence-corrected chi connectivity index (χ3v) is 4.22. The van der Waals surface area contributed by atoms with Crippen molar-refractivity contribution in [2.75, 3.05) is 13.1 Å². The molecule has 3 nitrogen and oxygen atoms in total. The van der Waals surface area contributed by atoms with Crippen LogP contribution in [0.25, 0.3) is 10.9 Å². The number of nitrogens with one attached hydrogen (secondary N) is 2. The number of hydrogen-bond donors (Lipinski definition) is 2. The molecule has 19 heavy (non-hydrogen) atoms. The average Bonchev–Trinajstić information content (AvgIpc) is 2.69. The number of aromatic nitrogens is 1. The normalized spacial score (nSPS) is 18.9. The van der Waals surface area contributed by atoms with Gasteiger partial charge in [-0.3, -0.25) is 0 Å². The van der Waals surface area contributed by atoms with E-state index in [2.05, 4.69) is 23.2 Å². The van der Waals surface area contributed by atoms with E-state index in [9.17, 15) is 5.26 Å². The summed E-state index contributed by atoms with van der Waals surface area (Å²) < 4.78 is 0. The fraction of sp³-hybridized carbons (Fsp3) is 0.438. The highest BCUT2D eigenvalue weighted by atomic mass is 15.2. The Morgan fingerprint density at radius 2 is 1.84 bits per heavy atom. The van der Waals surface area contributed by atoms with E-state index in [1.807, 2.05) is 18.3 Å². The summed E-state index contributed by atoms with van der Waals surface area (Å²) in [6, 6.07) is 10.8. The van der Waals surface area contributed by atoms with Crippen molar-refractivity contribution in [3.63, 3.8) is 0 Å². The third kappa shape index (κ3) is 2.36. The van der Waals surface area contributed by atoms with Crippen LogP contribution in [0.15, 0.2) is 30.5 Å². The van der Waals surface area contributed by atoms with Crippen LogP contribution >= 0.6 is 0 Å². The Hall–Kier alpha value is -1.79. The summed E-state index contributed by atoms with van der Waals surface area (Å²) in [5.74, 6) is 0. The summed E-state index contributed by atoms with van der Waals surface area (Å²) in [5, 5.41) is 10.8. The summed E-state index contributed by atoms with van der Waals surface area (Å²) in [5.41, 5.74) is 2.29. The molecule has 2 N–H and O–H groups in total. The van der Waals surface area contributed by atoms with Crippen molar-refractivity contribution in [1.29, 1.82) is 5.26 Å². The van der Waals surface area contributed by atoms with E-state index in [0.717, 1.165) is 24.2 Å². The van der Waals surface area contributed by atoms with Crippen molar-refractivity contribution in [2.24, 2.45) is 0 Å². The van der Waals surface area contributed by atoms with Crippen LogP contribution in [0.2, 0.25) is 0 Å². The van der Waals surface area contributed by atoms with Crippen LogP contribution in [0, 0.1) is 11.3 Å². The zero-order chi connectivity index (χ0) is 13.1. The Morgan fingerprint density at radius 1 is 1.11 bits per heavy atom. The van der Waals surface area contributed by atoms with E-state index < -0.39 is 0 Å². The van der Waals surface area contributed by atoms with Crippen molar-refractivity contribution in [3.05, 3.63) is 36.0 Å². The van der Waals surface area contributed by atoms with Gasteiger partial charge in [0, 0.05) is 22.7 Å². The van der Waals surface area contributed by atoms with E-state index in [1.165, 1.54) is 36.0 Å². The fourth-order valence-corrected chi connectivity index (χ4v) is 3.18. The molecule has 3 rings (SSSR count). The van der Waals surface area contributed by atoms with Crippen molar-refractivity contribution in [1.82, 2.24) is 4.98 Å².